The first-order chi connectivity index (χ1) is 9.86. The summed E-state index contributed by atoms with van der Waals surface area (Å²) in [6.45, 7) is 9.99. The molecule has 4 nitrogen and oxygen atoms in total. The van der Waals surface area contributed by atoms with E-state index in [9.17, 15) is 0 Å². The van der Waals surface area contributed by atoms with Crippen LogP contribution >= 0.6 is 0 Å². The number of nitrogens with one attached hydrogen (secondary N) is 1. The molecule has 1 saturated carbocycles. The Bertz CT molecular complexity index is 406. The molecule has 0 aromatic carbocycles. The van der Waals surface area contributed by atoms with Gasteiger partial charge in [0.2, 0.25) is 0 Å². The quantitative estimate of drug-likeness (QED) is 0.773. The second kappa shape index (κ2) is 6.74. The lowest BCUT2D eigenvalue weighted by Gasteiger charge is -2.34. The van der Waals surface area contributed by atoms with Gasteiger partial charge in [-0.2, -0.15) is 0 Å². The maximum Gasteiger partial charge on any atom is 0.122 e. The standard InChI is InChI=1S/C16H27N3O/c1-2-6-17-12-14-5-11-20-16(14)13-18-7-9-19(10-8-18)15-3-4-15/h5,11,15,17H,2-4,6-10,12-13H2,1H3. The van der Waals surface area contributed by atoms with E-state index >= 15 is 0 Å². The smallest absolute Gasteiger partial charge is 0.122 e. The van der Waals surface area contributed by atoms with Crippen molar-refractivity contribution in [1.82, 2.24) is 15.1 Å². The fourth-order valence-electron chi connectivity index (χ4n) is 2.99. The Morgan fingerprint density at radius 3 is 2.75 bits per heavy atom. The third kappa shape index (κ3) is 3.62. The molecule has 0 amide bonds. The average molecular weight is 277 g/mol. The molecule has 20 heavy (non-hydrogen) atoms. The Balaban J connectivity index is 1.46. The molecule has 0 unspecified atom stereocenters. The van der Waals surface area contributed by atoms with Crippen molar-refractivity contribution in [3.63, 3.8) is 0 Å². The van der Waals surface area contributed by atoms with Crippen molar-refractivity contribution in [3.8, 4) is 0 Å². The predicted octanol–water partition coefficient (Wildman–Crippen LogP) is 2.06. The summed E-state index contributed by atoms with van der Waals surface area (Å²) in [4.78, 5) is 5.18. The summed E-state index contributed by atoms with van der Waals surface area (Å²) < 4.78 is 5.69. The summed E-state index contributed by atoms with van der Waals surface area (Å²) in [6.07, 6.45) is 5.85. The van der Waals surface area contributed by atoms with E-state index in [4.69, 9.17) is 4.42 Å². The van der Waals surface area contributed by atoms with Crippen molar-refractivity contribution in [2.75, 3.05) is 32.7 Å². The topological polar surface area (TPSA) is 31.7 Å². The fraction of sp³-hybridized carbons (Fsp3) is 0.750. The summed E-state index contributed by atoms with van der Waals surface area (Å²) in [6, 6.07) is 3.02. The van der Waals surface area contributed by atoms with Crippen molar-refractivity contribution in [2.45, 2.75) is 45.3 Å². The number of hydrogen-bond acceptors (Lipinski definition) is 4. The predicted molar refractivity (Wildman–Crippen MR) is 80.6 cm³/mol. The molecule has 1 aromatic heterocycles. The Hall–Kier alpha value is -0.840. The molecule has 2 fully saturated rings. The summed E-state index contributed by atoms with van der Waals surface area (Å²) in [5.41, 5.74) is 1.32. The van der Waals surface area contributed by atoms with Crippen LogP contribution in [0.3, 0.4) is 0 Å². The number of nitrogens with zero attached hydrogens (tertiary/aromatic N) is 2. The third-order valence-electron chi connectivity index (χ3n) is 4.42. The molecule has 1 aliphatic carbocycles. The van der Waals surface area contributed by atoms with E-state index in [1.807, 2.05) is 6.26 Å². The van der Waals surface area contributed by atoms with Crippen molar-refractivity contribution < 1.29 is 4.42 Å². The zero-order valence-corrected chi connectivity index (χ0v) is 12.6. The molecule has 3 rings (SSSR count). The molecule has 1 aromatic rings. The summed E-state index contributed by atoms with van der Waals surface area (Å²) >= 11 is 0. The zero-order valence-electron chi connectivity index (χ0n) is 12.6. The van der Waals surface area contributed by atoms with Gasteiger partial charge in [-0.15, -0.1) is 0 Å². The van der Waals surface area contributed by atoms with Crippen LogP contribution < -0.4 is 5.32 Å². The third-order valence-corrected chi connectivity index (χ3v) is 4.42. The van der Waals surface area contributed by atoms with Gasteiger partial charge in [-0.1, -0.05) is 6.92 Å². The summed E-state index contributed by atoms with van der Waals surface area (Å²) in [5, 5.41) is 3.46. The van der Waals surface area contributed by atoms with E-state index in [1.165, 1.54) is 51.0 Å². The van der Waals surface area contributed by atoms with Gasteiger partial charge in [0.25, 0.3) is 0 Å². The van der Waals surface area contributed by atoms with Gasteiger partial charge in [0, 0.05) is 44.3 Å². The monoisotopic (exact) mass is 277 g/mol. The fourth-order valence-corrected chi connectivity index (χ4v) is 2.99. The van der Waals surface area contributed by atoms with E-state index in [2.05, 4.69) is 28.1 Å². The van der Waals surface area contributed by atoms with E-state index in [-0.39, 0.29) is 0 Å². The number of piperazine rings is 1. The van der Waals surface area contributed by atoms with Gasteiger partial charge in [-0.3, -0.25) is 9.80 Å². The Morgan fingerprint density at radius 2 is 2.05 bits per heavy atom. The van der Waals surface area contributed by atoms with Crippen molar-refractivity contribution in [1.29, 1.82) is 0 Å². The molecule has 0 bridgehead atoms. The summed E-state index contributed by atoms with van der Waals surface area (Å²) in [5.74, 6) is 1.15. The molecular weight excluding hydrogens is 250 g/mol. The van der Waals surface area contributed by atoms with Crippen LogP contribution in [0, 0.1) is 0 Å². The largest absolute Gasteiger partial charge is 0.468 e. The molecule has 112 valence electrons. The normalized spacial score (nSPS) is 21.4. The van der Waals surface area contributed by atoms with Gasteiger partial charge in [0.1, 0.15) is 5.76 Å². The van der Waals surface area contributed by atoms with Crippen LogP contribution in [-0.2, 0) is 13.1 Å². The first-order valence-electron chi connectivity index (χ1n) is 8.09. The first kappa shape index (κ1) is 14.1. The maximum atomic E-state index is 5.69. The van der Waals surface area contributed by atoms with Crippen LogP contribution in [0.25, 0.3) is 0 Å². The molecule has 0 radical (unpaired) electrons. The highest BCUT2D eigenvalue weighted by Crippen LogP contribution is 2.27. The van der Waals surface area contributed by atoms with E-state index in [0.717, 1.165) is 31.4 Å². The summed E-state index contributed by atoms with van der Waals surface area (Å²) in [7, 11) is 0. The van der Waals surface area contributed by atoms with E-state index < -0.39 is 0 Å². The van der Waals surface area contributed by atoms with Crippen LogP contribution in [-0.4, -0.2) is 48.6 Å². The van der Waals surface area contributed by atoms with Crippen LogP contribution in [0.2, 0.25) is 0 Å². The SMILES string of the molecule is CCCNCc1ccoc1CN1CCN(C2CC2)CC1. The van der Waals surface area contributed by atoms with Crippen molar-refractivity contribution in [3.05, 3.63) is 23.7 Å². The molecule has 1 aliphatic heterocycles. The van der Waals surface area contributed by atoms with Crippen LogP contribution in [0.4, 0.5) is 0 Å². The van der Waals surface area contributed by atoms with Gasteiger partial charge in [-0.05, 0) is 31.9 Å². The Kier molecular flexibility index (Phi) is 4.76. The Morgan fingerprint density at radius 1 is 1.25 bits per heavy atom. The minimum atomic E-state index is 0.912. The molecule has 2 heterocycles. The average Bonchev–Trinajstić information content (AvgIpc) is 3.23. The lowest BCUT2D eigenvalue weighted by atomic mass is 10.2. The number of furan rings is 1. The highest BCUT2D eigenvalue weighted by atomic mass is 16.3. The lowest BCUT2D eigenvalue weighted by molar-refractivity contribution is 0.115. The maximum absolute atomic E-state index is 5.69. The number of hydrogen-bond donors (Lipinski definition) is 1. The number of rotatable bonds is 7. The molecule has 0 spiro atoms. The Labute approximate surface area is 122 Å². The lowest BCUT2D eigenvalue weighted by Crippen LogP contribution is -2.46. The second-order valence-corrected chi connectivity index (χ2v) is 6.09. The minimum absolute atomic E-state index is 0.912. The van der Waals surface area contributed by atoms with Crippen molar-refractivity contribution >= 4 is 0 Å². The molecule has 2 aliphatic rings. The van der Waals surface area contributed by atoms with Gasteiger partial charge >= 0.3 is 0 Å². The molecule has 4 heteroatoms. The highest BCUT2D eigenvalue weighted by Gasteiger charge is 2.31. The van der Waals surface area contributed by atoms with Crippen LogP contribution in [0.15, 0.2) is 16.7 Å². The molecule has 1 saturated heterocycles. The second-order valence-electron chi connectivity index (χ2n) is 6.09. The molecule has 0 atom stereocenters. The van der Waals surface area contributed by atoms with Gasteiger partial charge in [0.15, 0.2) is 0 Å². The molecule has 1 N–H and O–H groups in total. The highest BCUT2D eigenvalue weighted by molar-refractivity contribution is 5.17. The van der Waals surface area contributed by atoms with E-state index in [1.54, 1.807) is 0 Å². The molecular formula is C16H27N3O. The van der Waals surface area contributed by atoms with Crippen molar-refractivity contribution in [2.24, 2.45) is 0 Å². The zero-order chi connectivity index (χ0) is 13.8. The van der Waals surface area contributed by atoms with Gasteiger partial charge in [-0.25, -0.2) is 0 Å². The minimum Gasteiger partial charge on any atom is -0.468 e. The first-order valence-corrected chi connectivity index (χ1v) is 8.09. The van der Waals surface area contributed by atoms with Crippen LogP contribution in [0.1, 0.15) is 37.5 Å². The van der Waals surface area contributed by atoms with E-state index in [0.29, 0.717) is 0 Å². The van der Waals surface area contributed by atoms with Gasteiger partial charge < -0.3 is 9.73 Å². The van der Waals surface area contributed by atoms with Crippen LogP contribution in [0.5, 0.6) is 0 Å². The van der Waals surface area contributed by atoms with Gasteiger partial charge in [0.05, 0.1) is 12.8 Å².